The summed E-state index contributed by atoms with van der Waals surface area (Å²) in [5.41, 5.74) is 4.89. The number of benzene rings is 2. The van der Waals surface area contributed by atoms with Gasteiger partial charge in [0.1, 0.15) is 0 Å². The van der Waals surface area contributed by atoms with Crippen LogP contribution in [0.1, 0.15) is 46.6 Å². The second-order valence-corrected chi connectivity index (χ2v) is 6.46. The van der Waals surface area contributed by atoms with Crippen LogP contribution >= 0.6 is 0 Å². The first-order valence-corrected chi connectivity index (χ1v) is 8.90. The molecule has 26 heavy (non-hydrogen) atoms. The fourth-order valence-corrected chi connectivity index (χ4v) is 3.37. The molecule has 3 aromatic rings. The standard InChI is InChI=1S/C20H21N5O/c1-2-13-7-10-15(11-8-13)21-19-18(23-25-24-19)20(26)22-17-12-9-14-5-3-4-6-16(14)17/h3-8,10-11,17H,2,9,12H2,1H3,(H,22,26)(H2,21,23,24,25)/t17-/m1/s1. The molecule has 0 spiro atoms. The van der Waals surface area contributed by atoms with Crippen molar-refractivity contribution in [3.63, 3.8) is 0 Å². The number of amides is 1. The third kappa shape index (κ3) is 3.18. The van der Waals surface area contributed by atoms with Crippen LogP contribution in [0.5, 0.6) is 0 Å². The zero-order valence-electron chi connectivity index (χ0n) is 14.6. The molecule has 1 amide bonds. The summed E-state index contributed by atoms with van der Waals surface area (Å²) in [5, 5.41) is 16.9. The molecule has 0 saturated heterocycles. The Bertz CT molecular complexity index is 916. The van der Waals surface area contributed by atoms with Gasteiger partial charge in [0.25, 0.3) is 5.91 Å². The van der Waals surface area contributed by atoms with Crippen LogP contribution in [0, 0.1) is 0 Å². The van der Waals surface area contributed by atoms with Crippen LogP contribution in [0.2, 0.25) is 0 Å². The normalized spacial score (nSPS) is 15.5. The summed E-state index contributed by atoms with van der Waals surface area (Å²) in [6, 6.07) is 16.3. The van der Waals surface area contributed by atoms with E-state index in [9.17, 15) is 4.79 Å². The van der Waals surface area contributed by atoms with E-state index in [-0.39, 0.29) is 17.6 Å². The summed E-state index contributed by atoms with van der Waals surface area (Å²) < 4.78 is 0. The number of aromatic amines is 1. The van der Waals surface area contributed by atoms with Gasteiger partial charge in [-0.15, -0.1) is 10.2 Å². The number of hydrogen-bond acceptors (Lipinski definition) is 4. The Morgan fingerprint density at radius 1 is 1.15 bits per heavy atom. The van der Waals surface area contributed by atoms with Crippen LogP contribution in [-0.4, -0.2) is 21.3 Å². The van der Waals surface area contributed by atoms with E-state index in [4.69, 9.17) is 0 Å². The van der Waals surface area contributed by atoms with Crippen molar-refractivity contribution in [1.29, 1.82) is 0 Å². The minimum Gasteiger partial charge on any atom is -0.344 e. The van der Waals surface area contributed by atoms with Crippen molar-refractivity contribution in [2.24, 2.45) is 0 Å². The minimum atomic E-state index is -0.229. The minimum absolute atomic E-state index is 0.0205. The molecule has 1 aliphatic carbocycles. The van der Waals surface area contributed by atoms with Gasteiger partial charge in [0.2, 0.25) is 0 Å². The predicted molar refractivity (Wildman–Crippen MR) is 100 cm³/mol. The molecule has 0 bridgehead atoms. The Morgan fingerprint density at radius 2 is 1.96 bits per heavy atom. The van der Waals surface area contributed by atoms with Crippen LogP contribution in [0.15, 0.2) is 48.5 Å². The largest absolute Gasteiger partial charge is 0.344 e. The molecule has 1 atom stereocenters. The molecule has 1 aromatic heterocycles. The molecule has 2 aromatic carbocycles. The molecule has 0 saturated carbocycles. The molecule has 6 nitrogen and oxygen atoms in total. The summed E-state index contributed by atoms with van der Waals surface area (Å²) in [6.07, 6.45) is 2.87. The molecular formula is C20H21N5O. The zero-order valence-corrected chi connectivity index (χ0v) is 14.6. The quantitative estimate of drug-likeness (QED) is 0.659. The van der Waals surface area contributed by atoms with Crippen molar-refractivity contribution in [1.82, 2.24) is 20.7 Å². The molecule has 1 heterocycles. The lowest BCUT2D eigenvalue weighted by molar-refractivity contribution is 0.0932. The van der Waals surface area contributed by atoms with Gasteiger partial charge in [0.15, 0.2) is 11.5 Å². The highest BCUT2D eigenvalue weighted by molar-refractivity contribution is 5.97. The fraction of sp³-hybridized carbons (Fsp3) is 0.250. The van der Waals surface area contributed by atoms with Crippen LogP contribution < -0.4 is 10.6 Å². The van der Waals surface area contributed by atoms with E-state index in [1.165, 1.54) is 16.7 Å². The Hall–Kier alpha value is -3.15. The van der Waals surface area contributed by atoms with E-state index in [1.807, 2.05) is 24.3 Å². The van der Waals surface area contributed by atoms with Gasteiger partial charge in [-0.3, -0.25) is 4.79 Å². The van der Waals surface area contributed by atoms with Crippen LogP contribution in [0.25, 0.3) is 0 Å². The highest BCUT2D eigenvalue weighted by Gasteiger charge is 2.26. The topological polar surface area (TPSA) is 82.7 Å². The van der Waals surface area contributed by atoms with Gasteiger partial charge in [0.05, 0.1) is 6.04 Å². The molecule has 0 unspecified atom stereocenters. The molecule has 1 aliphatic rings. The lowest BCUT2D eigenvalue weighted by atomic mass is 10.1. The van der Waals surface area contributed by atoms with Crippen molar-refractivity contribution in [2.75, 3.05) is 5.32 Å². The summed E-state index contributed by atoms with van der Waals surface area (Å²) in [7, 11) is 0. The number of anilines is 2. The molecule has 6 heteroatoms. The van der Waals surface area contributed by atoms with Crippen molar-refractivity contribution in [3.05, 3.63) is 70.9 Å². The summed E-state index contributed by atoms with van der Waals surface area (Å²) >= 11 is 0. The monoisotopic (exact) mass is 347 g/mol. The van der Waals surface area contributed by atoms with Crippen molar-refractivity contribution >= 4 is 17.4 Å². The van der Waals surface area contributed by atoms with Gasteiger partial charge in [-0.1, -0.05) is 43.3 Å². The fourth-order valence-electron chi connectivity index (χ4n) is 3.37. The van der Waals surface area contributed by atoms with Crippen LogP contribution in [0.3, 0.4) is 0 Å². The molecule has 0 radical (unpaired) electrons. The maximum Gasteiger partial charge on any atom is 0.276 e. The summed E-state index contributed by atoms with van der Waals surface area (Å²) in [4.78, 5) is 12.7. The first-order valence-electron chi connectivity index (χ1n) is 8.90. The van der Waals surface area contributed by atoms with Crippen LogP contribution in [-0.2, 0) is 12.8 Å². The first-order chi connectivity index (χ1) is 12.7. The highest BCUT2D eigenvalue weighted by Crippen LogP contribution is 2.31. The third-order valence-electron chi connectivity index (χ3n) is 4.83. The molecule has 4 rings (SSSR count). The number of aryl methyl sites for hydroxylation is 2. The highest BCUT2D eigenvalue weighted by atomic mass is 16.2. The smallest absolute Gasteiger partial charge is 0.276 e. The molecule has 3 N–H and O–H groups in total. The van der Waals surface area contributed by atoms with Gasteiger partial charge < -0.3 is 10.6 Å². The number of carbonyl (C=O) groups excluding carboxylic acids is 1. The second-order valence-electron chi connectivity index (χ2n) is 6.46. The number of nitrogens with zero attached hydrogens (tertiary/aromatic N) is 2. The maximum absolute atomic E-state index is 12.7. The molecule has 132 valence electrons. The number of carbonyl (C=O) groups is 1. The average molecular weight is 347 g/mol. The van der Waals surface area contributed by atoms with E-state index in [2.05, 4.69) is 57.2 Å². The number of aromatic nitrogens is 3. The predicted octanol–water partition coefficient (Wildman–Crippen LogP) is 3.53. The lowest BCUT2D eigenvalue weighted by Crippen LogP contribution is -2.28. The van der Waals surface area contributed by atoms with Crippen molar-refractivity contribution < 1.29 is 4.79 Å². The number of nitrogens with one attached hydrogen (secondary N) is 3. The van der Waals surface area contributed by atoms with Crippen LogP contribution in [0.4, 0.5) is 11.5 Å². The van der Waals surface area contributed by atoms with E-state index in [1.54, 1.807) is 0 Å². The molecule has 0 fully saturated rings. The van der Waals surface area contributed by atoms with Gasteiger partial charge in [-0.2, -0.15) is 5.21 Å². The maximum atomic E-state index is 12.7. The number of rotatable bonds is 5. The Morgan fingerprint density at radius 3 is 2.77 bits per heavy atom. The van der Waals surface area contributed by atoms with Crippen molar-refractivity contribution in [2.45, 2.75) is 32.2 Å². The second kappa shape index (κ2) is 7.00. The third-order valence-corrected chi connectivity index (χ3v) is 4.83. The number of fused-ring (bicyclic) bond motifs is 1. The lowest BCUT2D eigenvalue weighted by Gasteiger charge is -2.13. The zero-order chi connectivity index (χ0) is 17.9. The van der Waals surface area contributed by atoms with E-state index >= 15 is 0 Å². The average Bonchev–Trinajstić information content (AvgIpc) is 3.30. The summed E-state index contributed by atoms with van der Waals surface area (Å²) in [5.74, 6) is 0.200. The Balaban J connectivity index is 1.48. The van der Waals surface area contributed by atoms with Gasteiger partial charge in [0, 0.05) is 5.69 Å². The van der Waals surface area contributed by atoms with E-state index in [0.717, 1.165) is 24.9 Å². The molecular weight excluding hydrogens is 326 g/mol. The Labute approximate surface area is 152 Å². The molecule has 0 aliphatic heterocycles. The summed E-state index contributed by atoms with van der Waals surface area (Å²) in [6.45, 7) is 2.11. The van der Waals surface area contributed by atoms with Gasteiger partial charge in [-0.05, 0) is 48.1 Å². The van der Waals surface area contributed by atoms with Gasteiger partial charge >= 0.3 is 0 Å². The first kappa shape index (κ1) is 16.3. The van der Waals surface area contributed by atoms with E-state index in [0.29, 0.717) is 5.82 Å². The van der Waals surface area contributed by atoms with Gasteiger partial charge in [-0.25, -0.2) is 0 Å². The Kier molecular flexibility index (Phi) is 4.39. The number of H-pyrrole nitrogens is 1. The van der Waals surface area contributed by atoms with Crippen molar-refractivity contribution in [3.8, 4) is 0 Å². The number of hydrogen-bond donors (Lipinski definition) is 3. The SMILES string of the molecule is CCc1ccc(Nc2n[nH]nc2C(=O)N[C@@H]2CCc3ccccc32)cc1. The van der Waals surface area contributed by atoms with E-state index < -0.39 is 0 Å².